The Morgan fingerprint density at radius 2 is 1.45 bits per heavy atom. The molecule has 1 amide bonds. The minimum absolute atomic E-state index is 0.185. The van der Waals surface area contributed by atoms with Crippen molar-refractivity contribution in [3.8, 4) is 0 Å². The van der Waals surface area contributed by atoms with Crippen LogP contribution in [-0.4, -0.2) is 23.9 Å². The van der Waals surface area contributed by atoms with Gasteiger partial charge >= 0.3 is 0 Å². The maximum Gasteiger partial charge on any atom is 0.225 e. The first-order valence-corrected chi connectivity index (χ1v) is 8.85. The van der Waals surface area contributed by atoms with Crippen molar-refractivity contribution < 1.29 is 4.79 Å². The standard InChI is InChI=1S/C18H37NO/c1-6-9-10-11-12-13-14-16(4)15-17(5)18(20)19(7-2)8-3/h16-17H,6-15H2,1-5H3. The lowest BCUT2D eigenvalue weighted by Crippen LogP contribution is -2.35. The minimum atomic E-state index is 0.185. The predicted octanol–water partition coefficient (Wildman–Crippen LogP) is 5.27. The van der Waals surface area contributed by atoms with E-state index in [1.54, 1.807) is 0 Å². The van der Waals surface area contributed by atoms with Gasteiger partial charge in [0.2, 0.25) is 5.91 Å². The van der Waals surface area contributed by atoms with Crippen LogP contribution in [0.15, 0.2) is 0 Å². The van der Waals surface area contributed by atoms with Gasteiger partial charge in [-0.2, -0.15) is 0 Å². The summed E-state index contributed by atoms with van der Waals surface area (Å²) in [4.78, 5) is 14.2. The van der Waals surface area contributed by atoms with Gasteiger partial charge in [-0.15, -0.1) is 0 Å². The highest BCUT2D eigenvalue weighted by Gasteiger charge is 2.20. The number of amides is 1. The third kappa shape index (κ3) is 8.60. The second-order valence-electron chi connectivity index (χ2n) is 6.31. The Morgan fingerprint density at radius 1 is 0.900 bits per heavy atom. The van der Waals surface area contributed by atoms with Gasteiger partial charge in [0.1, 0.15) is 0 Å². The lowest BCUT2D eigenvalue weighted by atomic mass is 9.91. The molecule has 2 atom stereocenters. The molecule has 120 valence electrons. The smallest absolute Gasteiger partial charge is 0.225 e. The van der Waals surface area contributed by atoms with Crippen LogP contribution >= 0.6 is 0 Å². The Hall–Kier alpha value is -0.530. The van der Waals surface area contributed by atoms with E-state index in [9.17, 15) is 4.79 Å². The van der Waals surface area contributed by atoms with E-state index in [1.807, 2.05) is 4.90 Å². The molecule has 0 heterocycles. The van der Waals surface area contributed by atoms with E-state index < -0.39 is 0 Å². The lowest BCUT2D eigenvalue weighted by Gasteiger charge is -2.24. The molecular formula is C18H37NO. The van der Waals surface area contributed by atoms with Crippen molar-refractivity contribution in [3.05, 3.63) is 0 Å². The van der Waals surface area contributed by atoms with Gasteiger partial charge in [0.05, 0.1) is 0 Å². The summed E-state index contributed by atoms with van der Waals surface area (Å²) in [5.41, 5.74) is 0. The molecule has 0 bridgehead atoms. The zero-order chi connectivity index (χ0) is 15.4. The first-order valence-electron chi connectivity index (χ1n) is 8.85. The molecule has 0 aromatic rings. The molecule has 0 fully saturated rings. The summed E-state index contributed by atoms with van der Waals surface area (Å²) >= 11 is 0. The average molecular weight is 284 g/mol. The number of carbonyl (C=O) groups excluding carboxylic acids is 1. The Morgan fingerprint density at radius 3 is 2.00 bits per heavy atom. The summed E-state index contributed by atoms with van der Waals surface area (Å²) in [6.45, 7) is 12.5. The number of nitrogens with zero attached hydrogens (tertiary/aromatic N) is 1. The van der Waals surface area contributed by atoms with Crippen molar-refractivity contribution >= 4 is 5.91 Å². The molecule has 0 aromatic carbocycles. The lowest BCUT2D eigenvalue weighted by molar-refractivity contribution is -0.135. The fourth-order valence-corrected chi connectivity index (χ4v) is 2.94. The summed E-state index contributed by atoms with van der Waals surface area (Å²) in [6.07, 6.45) is 10.5. The molecule has 0 saturated carbocycles. The SMILES string of the molecule is CCCCCCCCC(C)CC(C)C(=O)N(CC)CC. The topological polar surface area (TPSA) is 20.3 Å². The average Bonchev–Trinajstić information content (AvgIpc) is 2.43. The van der Waals surface area contributed by atoms with E-state index in [1.165, 1.54) is 44.9 Å². The molecule has 20 heavy (non-hydrogen) atoms. The van der Waals surface area contributed by atoms with Crippen molar-refractivity contribution in [2.24, 2.45) is 11.8 Å². The van der Waals surface area contributed by atoms with Gasteiger partial charge in [-0.05, 0) is 26.2 Å². The summed E-state index contributed by atoms with van der Waals surface area (Å²) in [5, 5.41) is 0. The Kier molecular flexibility index (Phi) is 11.9. The predicted molar refractivity (Wildman–Crippen MR) is 88.9 cm³/mol. The number of hydrogen-bond donors (Lipinski definition) is 0. The van der Waals surface area contributed by atoms with Crippen molar-refractivity contribution in [1.29, 1.82) is 0 Å². The van der Waals surface area contributed by atoms with Gasteiger partial charge in [0, 0.05) is 19.0 Å². The fraction of sp³-hybridized carbons (Fsp3) is 0.944. The summed E-state index contributed by atoms with van der Waals surface area (Å²) < 4.78 is 0. The van der Waals surface area contributed by atoms with Crippen LogP contribution in [0.25, 0.3) is 0 Å². The van der Waals surface area contributed by atoms with E-state index in [4.69, 9.17) is 0 Å². The third-order valence-corrected chi connectivity index (χ3v) is 4.30. The Bertz CT molecular complexity index is 236. The first kappa shape index (κ1) is 19.5. The molecule has 2 heteroatoms. The molecule has 0 aliphatic carbocycles. The quantitative estimate of drug-likeness (QED) is 0.447. The minimum Gasteiger partial charge on any atom is -0.343 e. The van der Waals surface area contributed by atoms with Gasteiger partial charge in [-0.25, -0.2) is 0 Å². The van der Waals surface area contributed by atoms with Crippen LogP contribution in [0.1, 0.15) is 86.0 Å². The molecule has 0 aliphatic heterocycles. The maximum absolute atomic E-state index is 12.2. The van der Waals surface area contributed by atoms with E-state index in [0.717, 1.165) is 19.5 Å². The normalized spacial score (nSPS) is 14.1. The largest absolute Gasteiger partial charge is 0.343 e. The van der Waals surface area contributed by atoms with Gasteiger partial charge in [0.25, 0.3) is 0 Å². The summed E-state index contributed by atoms with van der Waals surface area (Å²) in [5.74, 6) is 1.20. The van der Waals surface area contributed by atoms with E-state index in [2.05, 4.69) is 34.6 Å². The molecule has 0 rings (SSSR count). The fourth-order valence-electron chi connectivity index (χ4n) is 2.94. The number of carbonyl (C=O) groups is 1. The molecule has 2 unspecified atom stereocenters. The van der Waals surface area contributed by atoms with Crippen molar-refractivity contribution in [1.82, 2.24) is 4.90 Å². The zero-order valence-electron chi connectivity index (χ0n) is 14.6. The van der Waals surface area contributed by atoms with E-state index in [0.29, 0.717) is 11.8 Å². The molecule has 0 radical (unpaired) electrons. The van der Waals surface area contributed by atoms with Crippen LogP contribution in [0.2, 0.25) is 0 Å². The Labute approximate surface area is 127 Å². The highest BCUT2D eigenvalue weighted by molar-refractivity contribution is 5.78. The van der Waals surface area contributed by atoms with Crippen LogP contribution < -0.4 is 0 Å². The van der Waals surface area contributed by atoms with Crippen molar-refractivity contribution in [2.75, 3.05) is 13.1 Å². The van der Waals surface area contributed by atoms with Crippen molar-refractivity contribution in [3.63, 3.8) is 0 Å². The number of unbranched alkanes of at least 4 members (excludes halogenated alkanes) is 5. The maximum atomic E-state index is 12.2. The monoisotopic (exact) mass is 283 g/mol. The molecule has 0 saturated heterocycles. The zero-order valence-corrected chi connectivity index (χ0v) is 14.6. The van der Waals surface area contributed by atoms with Crippen LogP contribution in [0.5, 0.6) is 0 Å². The highest BCUT2D eigenvalue weighted by Crippen LogP contribution is 2.20. The van der Waals surface area contributed by atoms with Gasteiger partial charge in [-0.3, -0.25) is 4.79 Å². The second-order valence-corrected chi connectivity index (χ2v) is 6.31. The van der Waals surface area contributed by atoms with Crippen molar-refractivity contribution in [2.45, 2.75) is 86.0 Å². The van der Waals surface area contributed by atoms with Crippen LogP contribution in [0.4, 0.5) is 0 Å². The summed E-state index contributed by atoms with van der Waals surface area (Å²) in [7, 11) is 0. The van der Waals surface area contributed by atoms with Crippen LogP contribution in [-0.2, 0) is 4.79 Å². The molecular weight excluding hydrogens is 246 g/mol. The molecule has 0 aliphatic rings. The number of hydrogen-bond acceptors (Lipinski definition) is 1. The third-order valence-electron chi connectivity index (χ3n) is 4.30. The Balaban J connectivity index is 3.78. The van der Waals surface area contributed by atoms with Gasteiger partial charge in [0.15, 0.2) is 0 Å². The molecule has 0 spiro atoms. The first-order chi connectivity index (χ1) is 9.56. The molecule has 0 N–H and O–H groups in total. The number of rotatable bonds is 12. The van der Waals surface area contributed by atoms with Crippen LogP contribution in [0, 0.1) is 11.8 Å². The van der Waals surface area contributed by atoms with E-state index in [-0.39, 0.29) is 5.92 Å². The molecule has 2 nitrogen and oxygen atoms in total. The second kappa shape index (κ2) is 12.2. The van der Waals surface area contributed by atoms with Gasteiger partial charge < -0.3 is 4.90 Å². The highest BCUT2D eigenvalue weighted by atomic mass is 16.2. The molecule has 0 aromatic heterocycles. The van der Waals surface area contributed by atoms with Crippen LogP contribution in [0.3, 0.4) is 0 Å². The van der Waals surface area contributed by atoms with E-state index >= 15 is 0 Å². The summed E-state index contributed by atoms with van der Waals surface area (Å²) in [6, 6.07) is 0. The van der Waals surface area contributed by atoms with Gasteiger partial charge in [-0.1, -0.05) is 65.7 Å².